The molecule has 22 heavy (non-hydrogen) atoms. The van der Waals surface area contributed by atoms with Gasteiger partial charge in [0.1, 0.15) is 11.5 Å². The van der Waals surface area contributed by atoms with Gasteiger partial charge >= 0.3 is 12.0 Å². The van der Waals surface area contributed by atoms with E-state index in [2.05, 4.69) is 5.10 Å². The molecule has 2 amide bonds. The normalized spacial score (nSPS) is 10.4. The van der Waals surface area contributed by atoms with E-state index in [0.717, 1.165) is 0 Å². The van der Waals surface area contributed by atoms with Crippen molar-refractivity contribution < 1.29 is 24.2 Å². The number of nitrogens with two attached hydrogens (primary N) is 1. The number of primary amides is 1. The van der Waals surface area contributed by atoms with Gasteiger partial charge in [0.05, 0.1) is 19.4 Å². The number of esters is 1. The third-order valence-electron chi connectivity index (χ3n) is 2.48. The molecule has 1 aromatic carbocycles. The molecule has 120 valence electrons. The smallest absolute Gasteiger partial charge is 0.332 e. The molecule has 0 heterocycles. The zero-order valence-electron chi connectivity index (χ0n) is 12.2. The first-order chi connectivity index (χ1) is 10.5. The van der Waals surface area contributed by atoms with Crippen molar-refractivity contribution in [1.82, 2.24) is 5.43 Å². The zero-order valence-corrected chi connectivity index (χ0v) is 12.2. The Balaban J connectivity index is 2.43. The Morgan fingerprint density at radius 3 is 2.86 bits per heavy atom. The fraction of sp³-hybridized carbons (Fsp3) is 0.357. The molecule has 0 fully saturated rings. The van der Waals surface area contributed by atoms with E-state index in [0.29, 0.717) is 30.9 Å². The molecule has 0 unspecified atom stereocenters. The largest absolute Gasteiger partial charge is 0.507 e. The molecule has 0 radical (unpaired) electrons. The summed E-state index contributed by atoms with van der Waals surface area (Å²) in [6.07, 6.45) is 2.05. The highest BCUT2D eigenvalue weighted by atomic mass is 16.5. The molecule has 0 aliphatic carbocycles. The Bertz CT molecular complexity index is 545. The molecule has 0 saturated heterocycles. The molecule has 0 aliphatic heterocycles. The number of nitrogens with zero attached hydrogens (tertiary/aromatic N) is 1. The number of phenols is 1. The SMILES string of the molecule is CCOC(=O)CCCOc1ccc(C=NNC(N)=O)c(O)c1. The molecule has 0 spiro atoms. The van der Waals surface area contributed by atoms with E-state index in [1.54, 1.807) is 19.1 Å². The number of amides is 2. The summed E-state index contributed by atoms with van der Waals surface area (Å²) in [5.74, 6) is 0.141. The topological polar surface area (TPSA) is 123 Å². The standard InChI is InChI=1S/C14H19N3O5/c1-2-21-13(19)4-3-7-22-11-6-5-10(12(18)8-11)9-16-17-14(15)20/h5-6,8-9,18H,2-4,7H2,1H3,(H3,15,17,20). The average molecular weight is 309 g/mol. The second kappa shape index (κ2) is 9.22. The van der Waals surface area contributed by atoms with Crippen LogP contribution in [-0.4, -0.2) is 36.5 Å². The van der Waals surface area contributed by atoms with Crippen molar-refractivity contribution in [3.63, 3.8) is 0 Å². The van der Waals surface area contributed by atoms with Crippen molar-refractivity contribution in [2.24, 2.45) is 10.8 Å². The van der Waals surface area contributed by atoms with E-state index >= 15 is 0 Å². The summed E-state index contributed by atoms with van der Waals surface area (Å²) in [6.45, 7) is 2.44. The van der Waals surface area contributed by atoms with Gasteiger partial charge in [0.15, 0.2) is 0 Å². The molecule has 8 heteroatoms. The van der Waals surface area contributed by atoms with Crippen molar-refractivity contribution in [2.75, 3.05) is 13.2 Å². The monoisotopic (exact) mass is 309 g/mol. The lowest BCUT2D eigenvalue weighted by atomic mass is 10.2. The van der Waals surface area contributed by atoms with Gasteiger partial charge in [0.2, 0.25) is 0 Å². The number of benzene rings is 1. The summed E-state index contributed by atoms with van der Waals surface area (Å²) in [6, 6.07) is 3.82. The first kappa shape index (κ1) is 17.3. The minimum Gasteiger partial charge on any atom is -0.507 e. The van der Waals surface area contributed by atoms with Crippen LogP contribution in [0.15, 0.2) is 23.3 Å². The molecule has 8 nitrogen and oxygen atoms in total. The molecule has 1 rings (SSSR count). The molecular weight excluding hydrogens is 290 g/mol. The predicted molar refractivity (Wildman–Crippen MR) is 79.8 cm³/mol. The minimum absolute atomic E-state index is 0.0575. The summed E-state index contributed by atoms with van der Waals surface area (Å²) < 4.78 is 10.2. The second-order valence-corrected chi connectivity index (χ2v) is 4.21. The molecule has 1 aromatic rings. The number of rotatable bonds is 8. The number of aromatic hydroxyl groups is 1. The highest BCUT2D eigenvalue weighted by molar-refractivity contribution is 5.84. The average Bonchev–Trinajstić information content (AvgIpc) is 2.46. The number of carbonyl (C=O) groups excluding carboxylic acids is 2. The summed E-state index contributed by atoms with van der Waals surface area (Å²) in [7, 11) is 0. The summed E-state index contributed by atoms with van der Waals surface area (Å²) in [5.41, 5.74) is 7.26. The summed E-state index contributed by atoms with van der Waals surface area (Å²) >= 11 is 0. The quantitative estimate of drug-likeness (QED) is 0.287. The number of hydrogen-bond donors (Lipinski definition) is 3. The van der Waals surface area contributed by atoms with Gasteiger partial charge < -0.3 is 20.3 Å². The molecule has 0 bridgehead atoms. The van der Waals surface area contributed by atoms with Crippen molar-refractivity contribution in [3.05, 3.63) is 23.8 Å². The zero-order chi connectivity index (χ0) is 16.4. The van der Waals surface area contributed by atoms with Crippen LogP contribution in [0.1, 0.15) is 25.3 Å². The van der Waals surface area contributed by atoms with Crippen LogP contribution in [0.4, 0.5) is 4.79 Å². The van der Waals surface area contributed by atoms with E-state index in [9.17, 15) is 14.7 Å². The molecule has 0 aliphatic rings. The predicted octanol–water partition coefficient (Wildman–Crippen LogP) is 1.12. The Morgan fingerprint density at radius 1 is 1.45 bits per heavy atom. The van der Waals surface area contributed by atoms with Crippen LogP contribution in [-0.2, 0) is 9.53 Å². The molecule has 4 N–H and O–H groups in total. The lowest BCUT2D eigenvalue weighted by molar-refractivity contribution is -0.143. The number of nitrogens with one attached hydrogen (secondary N) is 1. The lowest BCUT2D eigenvalue weighted by Crippen LogP contribution is -2.24. The van der Waals surface area contributed by atoms with Crippen LogP contribution in [0.5, 0.6) is 11.5 Å². The van der Waals surface area contributed by atoms with E-state index < -0.39 is 6.03 Å². The Labute approximate surface area is 127 Å². The minimum atomic E-state index is -0.794. The maximum absolute atomic E-state index is 11.1. The maximum Gasteiger partial charge on any atom is 0.332 e. The van der Waals surface area contributed by atoms with Gasteiger partial charge in [-0.05, 0) is 25.5 Å². The molecule has 0 saturated carbocycles. The van der Waals surface area contributed by atoms with E-state index in [-0.39, 0.29) is 18.1 Å². The lowest BCUT2D eigenvalue weighted by Gasteiger charge is -2.07. The van der Waals surface area contributed by atoms with Crippen LogP contribution in [0.25, 0.3) is 0 Å². The van der Waals surface area contributed by atoms with Crippen molar-refractivity contribution in [3.8, 4) is 11.5 Å². The maximum atomic E-state index is 11.1. The van der Waals surface area contributed by atoms with E-state index in [4.69, 9.17) is 15.2 Å². The first-order valence-electron chi connectivity index (χ1n) is 6.73. The van der Waals surface area contributed by atoms with Gasteiger partial charge in [0, 0.05) is 18.1 Å². The molecule has 0 atom stereocenters. The van der Waals surface area contributed by atoms with E-state index in [1.807, 2.05) is 5.43 Å². The van der Waals surface area contributed by atoms with Gasteiger partial charge in [-0.1, -0.05) is 0 Å². The fourth-order valence-corrected chi connectivity index (χ4v) is 1.53. The number of urea groups is 1. The molecule has 0 aromatic heterocycles. The summed E-state index contributed by atoms with van der Waals surface area (Å²) in [5, 5.41) is 13.3. The number of phenolic OH excluding ortho intramolecular Hbond substituents is 1. The third-order valence-corrected chi connectivity index (χ3v) is 2.48. The van der Waals surface area contributed by atoms with Crippen LogP contribution in [0, 0.1) is 0 Å². The highest BCUT2D eigenvalue weighted by Crippen LogP contribution is 2.22. The Hall–Kier alpha value is -2.77. The van der Waals surface area contributed by atoms with Crippen molar-refractivity contribution >= 4 is 18.2 Å². The van der Waals surface area contributed by atoms with Crippen LogP contribution in [0.3, 0.4) is 0 Å². The Morgan fingerprint density at radius 2 is 2.23 bits per heavy atom. The van der Waals surface area contributed by atoms with Crippen LogP contribution in [0.2, 0.25) is 0 Å². The van der Waals surface area contributed by atoms with Crippen molar-refractivity contribution in [2.45, 2.75) is 19.8 Å². The van der Waals surface area contributed by atoms with Crippen molar-refractivity contribution in [1.29, 1.82) is 0 Å². The van der Waals surface area contributed by atoms with E-state index in [1.165, 1.54) is 12.3 Å². The first-order valence-corrected chi connectivity index (χ1v) is 6.73. The number of hydrazone groups is 1. The summed E-state index contributed by atoms with van der Waals surface area (Å²) in [4.78, 5) is 21.6. The van der Waals surface area contributed by atoms with Gasteiger partial charge in [0.25, 0.3) is 0 Å². The van der Waals surface area contributed by atoms with Gasteiger partial charge in [-0.25, -0.2) is 10.2 Å². The fourth-order valence-electron chi connectivity index (χ4n) is 1.53. The van der Waals surface area contributed by atoms with Gasteiger partial charge in [-0.2, -0.15) is 5.10 Å². The number of hydrogen-bond acceptors (Lipinski definition) is 6. The number of ether oxygens (including phenoxy) is 2. The van der Waals surface area contributed by atoms with Gasteiger partial charge in [-0.3, -0.25) is 4.79 Å². The third kappa shape index (κ3) is 6.60. The van der Waals surface area contributed by atoms with Gasteiger partial charge in [-0.15, -0.1) is 0 Å². The number of carbonyl (C=O) groups is 2. The van der Waals surface area contributed by atoms with Crippen LogP contribution < -0.4 is 15.9 Å². The highest BCUT2D eigenvalue weighted by Gasteiger charge is 2.04. The van der Waals surface area contributed by atoms with Crippen LogP contribution >= 0.6 is 0 Å². The second-order valence-electron chi connectivity index (χ2n) is 4.21. The molecular formula is C14H19N3O5. The Kier molecular flexibility index (Phi) is 7.24.